The molecule has 0 aliphatic carbocycles. The van der Waals surface area contributed by atoms with Crippen molar-refractivity contribution in [2.24, 2.45) is 0 Å². The van der Waals surface area contributed by atoms with E-state index in [-0.39, 0.29) is 6.61 Å². The molecule has 0 aliphatic rings. The van der Waals surface area contributed by atoms with Gasteiger partial charge in [-0.1, -0.05) is 54.6 Å². The lowest BCUT2D eigenvalue weighted by Gasteiger charge is -2.09. The van der Waals surface area contributed by atoms with Crippen LogP contribution < -0.4 is 10.1 Å². The number of amides is 1. The third-order valence-electron chi connectivity index (χ3n) is 4.03. The standard InChI is InChI=1S/C23H21NO4/c1-2-27-21-13-6-4-9-18(21)14-15-23(26)28-16-22(25)24-20-12-7-10-17-8-3-5-11-19(17)20/h3-15H,2,16H2,1H3,(H,24,25)/b15-14+. The van der Waals surface area contributed by atoms with Gasteiger partial charge in [0, 0.05) is 22.7 Å². The second kappa shape index (κ2) is 9.37. The van der Waals surface area contributed by atoms with Crippen LogP contribution in [-0.4, -0.2) is 25.1 Å². The first kappa shape index (κ1) is 19.2. The molecule has 3 aromatic carbocycles. The fraction of sp³-hybridized carbons (Fsp3) is 0.130. The molecule has 0 aliphatic heterocycles. The van der Waals surface area contributed by atoms with E-state index in [1.807, 2.05) is 73.7 Å². The number of carbonyl (C=O) groups is 2. The summed E-state index contributed by atoms with van der Waals surface area (Å²) in [6, 6.07) is 20.8. The van der Waals surface area contributed by atoms with E-state index in [9.17, 15) is 9.59 Å². The Hall–Kier alpha value is -3.60. The minimum atomic E-state index is -0.598. The molecule has 28 heavy (non-hydrogen) atoms. The zero-order valence-corrected chi connectivity index (χ0v) is 15.6. The fourth-order valence-corrected chi connectivity index (χ4v) is 2.77. The monoisotopic (exact) mass is 375 g/mol. The van der Waals surface area contributed by atoms with Crippen molar-refractivity contribution in [2.45, 2.75) is 6.92 Å². The summed E-state index contributed by atoms with van der Waals surface area (Å²) < 4.78 is 10.5. The van der Waals surface area contributed by atoms with Gasteiger partial charge in [0.25, 0.3) is 5.91 Å². The number of ether oxygens (including phenoxy) is 2. The largest absolute Gasteiger partial charge is 0.493 e. The Labute approximate surface area is 163 Å². The van der Waals surface area contributed by atoms with Crippen molar-refractivity contribution in [1.82, 2.24) is 0 Å². The van der Waals surface area contributed by atoms with Crippen LogP contribution in [0.1, 0.15) is 12.5 Å². The molecule has 0 unspecified atom stereocenters. The van der Waals surface area contributed by atoms with E-state index >= 15 is 0 Å². The number of anilines is 1. The molecule has 3 rings (SSSR count). The third kappa shape index (κ3) is 4.98. The Balaban J connectivity index is 1.56. The average Bonchev–Trinajstić information content (AvgIpc) is 2.72. The van der Waals surface area contributed by atoms with E-state index in [1.54, 1.807) is 6.08 Å². The van der Waals surface area contributed by atoms with Crippen LogP contribution in [-0.2, 0) is 14.3 Å². The van der Waals surface area contributed by atoms with Crippen LogP contribution >= 0.6 is 0 Å². The fourth-order valence-electron chi connectivity index (χ4n) is 2.77. The van der Waals surface area contributed by atoms with Crippen LogP contribution in [0.3, 0.4) is 0 Å². The molecular formula is C23H21NO4. The van der Waals surface area contributed by atoms with Gasteiger partial charge in [0.1, 0.15) is 5.75 Å². The Morgan fingerprint density at radius 2 is 1.71 bits per heavy atom. The predicted octanol–water partition coefficient (Wildman–Crippen LogP) is 4.43. The highest BCUT2D eigenvalue weighted by Crippen LogP contribution is 2.23. The number of benzene rings is 3. The highest BCUT2D eigenvalue weighted by Gasteiger charge is 2.08. The minimum Gasteiger partial charge on any atom is -0.493 e. The SMILES string of the molecule is CCOc1ccccc1/C=C/C(=O)OCC(=O)Nc1cccc2ccccc12. The summed E-state index contributed by atoms with van der Waals surface area (Å²) >= 11 is 0. The molecule has 1 N–H and O–H groups in total. The quantitative estimate of drug-likeness (QED) is 0.490. The molecule has 0 spiro atoms. The molecule has 0 fully saturated rings. The van der Waals surface area contributed by atoms with Crippen LogP contribution in [0.15, 0.2) is 72.8 Å². The van der Waals surface area contributed by atoms with Crippen molar-refractivity contribution < 1.29 is 19.1 Å². The second-order valence-electron chi connectivity index (χ2n) is 5.99. The minimum absolute atomic E-state index is 0.362. The number of fused-ring (bicyclic) bond motifs is 1. The number of rotatable bonds is 7. The van der Waals surface area contributed by atoms with E-state index < -0.39 is 11.9 Å². The molecule has 0 saturated heterocycles. The van der Waals surface area contributed by atoms with Crippen molar-refractivity contribution >= 4 is 34.4 Å². The number of esters is 1. The molecule has 3 aromatic rings. The third-order valence-corrected chi connectivity index (χ3v) is 4.03. The lowest BCUT2D eigenvalue weighted by molar-refractivity contribution is -0.142. The highest BCUT2D eigenvalue weighted by molar-refractivity contribution is 6.03. The first-order valence-electron chi connectivity index (χ1n) is 9.01. The zero-order chi connectivity index (χ0) is 19.8. The van der Waals surface area contributed by atoms with Gasteiger partial charge in [-0.3, -0.25) is 4.79 Å². The molecule has 5 heteroatoms. The number of nitrogens with one attached hydrogen (secondary N) is 1. The molecule has 0 heterocycles. The molecule has 0 radical (unpaired) electrons. The van der Waals surface area contributed by atoms with Crippen molar-refractivity contribution in [1.29, 1.82) is 0 Å². The normalized spacial score (nSPS) is 10.8. The smallest absolute Gasteiger partial charge is 0.331 e. The second-order valence-corrected chi connectivity index (χ2v) is 5.99. The number of hydrogen-bond acceptors (Lipinski definition) is 4. The molecule has 0 saturated carbocycles. The van der Waals surface area contributed by atoms with E-state index in [0.29, 0.717) is 18.0 Å². The van der Waals surface area contributed by atoms with Gasteiger partial charge in [-0.05, 0) is 30.5 Å². The first-order valence-corrected chi connectivity index (χ1v) is 9.01. The highest BCUT2D eigenvalue weighted by atomic mass is 16.5. The van der Waals surface area contributed by atoms with E-state index in [0.717, 1.165) is 16.3 Å². The van der Waals surface area contributed by atoms with Gasteiger partial charge < -0.3 is 14.8 Å². The summed E-state index contributed by atoms with van der Waals surface area (Å²) in [5.74, 6) is -0.310. The first-order chi connectivity index (χ1) is 13.7. The van der Waals surface area contributed by atoms with Gasteiger partial charge in [-0.25, -0.2) is 4.79 Å². The van der Waals surface area contributed by atoms with Crippen LogP contribution in [0.4, 0.5) is 5.69 Å². The van der Waals surface area contributed by atoms with Gasteiger partial charge in [0.2, 0.25) is 0 Å². The van der Waals surface area contributed by atoms with Gasteiger partial charge in [0.05, 0.1) is 6.61 Å². The van der Waals surface area contributed by atoms with Crippen LogP contribution in [0, 0.1) is 0 Å². The summed E-state index contributed by atoms with van der Waals surface area (Å²) in [6.07, 6.45) is 2.89. The van der Waals surface area contributed by atoms with Gasteiger partial charge in [0.15, 0.2) is 6.61 Å². The molecule has 142 valence electrons. The lowest BCUT2D eigenvalue weighted by Crippen LogP contribution is -2.20. The maximum atomic E-state index is 12.1. The maximum Gasteiger partial charge on any atom is 0.331 e. The lowest BCUT2D eigenvalue weighted by atomic mass is 10.1. The average molecular weight is 375 g/mol. The van der Waals surface area contributed by atoms with Gasteiger partial charge in [-0.2, -0.15) is 0 Å². The van der Waals surface area contributed by atoms with E-state index in [1.165, 1.54) is 6.08 Å². The van der Waals surface area contributed by atoms with Gasteiger partial charge >= 0.3 is 5.97 Å². The zero-order valence-electron chi connectivity index (χ0n) is 15.6. The Morgan fingerprint density at radius 1 is 0.964 bits per heavy atom. The topological polar surface area (TPSA) is 64.6 Å². The summed E-state index contributed by atoms with van der Waals surface area (Å²) in [7, 11) is 0. The van der Waals surface area contributed by atoms with Crippen molar-refractivity contribution in [2.75, 3.05) is 18.5 Å². The van der Waals surface area contributed by atoms with Crippen LogP contribution in [0.2, 0.25) is 0 Å². The Morgan fingerprint density at radius 3 is 2.57 bits per heavy atom. The molecule has 0 bridgehead atoms. The Bertz CT molecular complexity index is 1000. The summed E-state index contributed by atoms with van der Waals surface area (Å²) in [6.45, 7) is 2.06. The van der Waals surface area contributed by atoms with Crippen molar-refractivity contribution in [3.63, 3.8) is 0 Å². The van der Waals surface area contributed by atoms with E-state index in [4.69, 9.17) is 9.47 Å². The molecule has 1 amide bonds. The van der Waals surface area contributed by atoms with E-state index in [2.05, 4.69) is 5.32 Å². The Kier molecular flexibility index (Phi) is 6.41. The van der Waals surface area contributed by atoms with Gasteiger partial charge in [-0.15, -0.1) is 0 Å². The van der Waals surface area contributed by atoms with Crippen LogP contribution in [0.25, 0.3) is 16.8 Å². The number of para-hydroxylation sites is 1. The maximum absolute atomic E-state index is 12.1. The molecular weight excluding hydrogens is 354 g/mol. The predicted molar refractivity (Wildman–Crippen MR) is 110 cm³/mol. The molecule has 5 nitrogen and oxygen atoms in total. The molecule has 0 atom stereocenters. The summed E-state index contributed by atoms with van der Waals surface area (Å²) in [5, 5.41) is 4.73. The molecule has 0 aromatic heterocycles. The summed E-state index contributed by atoms with van der Waals surface area (Å²) in [4.78, 5) is 24.1. The van der Waals surface area contributed by atoms with Crippen molar-refractivity contribution in [3.05, 3.63) is 78.4 Å². The number of carbonyl (C=O) groups excluding carboxylic acids is 2. The summed E-state index contributed by atoms with van der Waals surface area (Å²) in [5.41, 5.74) is 1.45. The van der Waals surface area contributed by atoms with Crippen LogP contribution in [0.5, 0.6) is 5.75 Å². The number of hydrogen-bond donors (Lipinski definition) is 1. The van der Waals surface area contributed by atoms with Crippen molar-refractivity contribution in [3.8, 4) is 5.75 Å².